The van der Waals surface area contributed by atoms with Gasteiger partial charge in [0.2, 0.25) is 0 Å². The molecule has 0 saturated heterocycles. The first kappa shape index (κ1) is 25.6. The second-order valence-corrected chi connectivity index (χ2v) is 7.43. The molecular formula is C22H38O7. The van der Waals surface area contributed by atoms with Crippen LogP contribution in [0.15, 0.2) is 12.2 Å². The Morgan fingerprint density at radius 3 is 2.00 bits per heavy atom. The van der Waals surface area contributed by atoms with E-state index in [0.29, 0.717) is 13.2 Å². The molecule has 7 heteroatoms. The van der Waals surface area contributed by atoms with Gasteiger partial charge in [0.25, 0.3) is 0 Å². The first-order chi connectivity index (χ1) is 14.0. The summed E-state index contributed by atoms with van der Waals surface area (Å²) in [6, 6.07) is 0. The van der Waals surface area contributed by atoms with Crippen molar-refractivity contribution in [2.75, 3.05) is 19.8 Å². The molecule has 0 aliphatic carbocycles. The molecule has 0 fully saturated rings. The third-order valence-corrected chi connectivity index (χ3v) is 4.72. The normalized spacial score (nSPS) is 21.1. The van der Waals surface area contributed by atoms with Crippen LogP contribution in [0.2, 0.25) is 0 Å². The van der Waals surface area contributed by atoms with E-state index in [9.17, 15) is 9.59 Å². The SMILES string of the molecule is CC(=O)OC[C@H]1O[C@H](OCCCCCCCCCCCCO)C=C[C@@H]1OC(C)=O. The molecule has 0 aromatic heterocycles. The molecule has 0 radical (unpaired) electrons. The molecule has 3 atom stereocenters. The molecule has 1 aliphatic heterocycles. The molecule has 0 aromatic carbocycles. The zero-order chi connectivity index (χ0) is 21.3. The number of hydrogen-bond donors (Lipinski definition) is 1. The van der Waals surface area contributed by atoms with Crippen molar-refractivity contribution in [3.05, 3.63) is 12.2 Å². The fraction of sp³-hybridized carbons (Fsp3) is 0.818. The van der Waals surface area contributed by atoms with Crippen LogP contribution in [0, 0.1) is 0 Å². The minimum Gasteiger partial charge on any atom is -0.463 e. The molecule has 0 unspecified atom stereocenters. The van der Waals surface area contributed by atoms with Gasteiger partial charge in [-0.05, 0) is 25.0 Å². The predicted molar refractivity (Wildman–Crippen MR) is 109 cm³/mol. The zero-order valence-electron chi connectivity index (χ0n) is 18.0. The third-order valence-electron chi connectivity index (χ3n) is 4.72. The summed E-state index contributed by atoms with van der Waals surface area (Å²) in [5.74, 6) is -0.826. The van der Waals surface area contributed by atoms with E-state index in [1.165, 1.54) is 52.4 Å². The van der Waals surface area contributed by atoms with Crippen molar-refractivity contribution >= 4 is 11.9 Å². The van der Waals surface area contributed by atoms with Crippen molar-refractivity contribution in [2.45, 2.75) is 96.6 Å². The summed E-state index contributed by atoms with van der Waals surface area (Å²) in [5, 5.41) is 8.74. The molecule has 0 spiro atoms. The van der Waals surface area contributed by atoms with Crippen LogP contribution in [0.3, 0.4) is 0 Å². The van der Waals surface area contributed by atoms with Crippen LogP contribution in [0.25, 0.3) is 0 Å². The average Bonchev–Trinajstić information content (AvgIpc) is 2.68. The Labute approximate surface area is 174 Å². The smallest absolute Gasteiger partial charge is 0.303 e. The largest absolute Gasteiger partial charge is 0.463 e. The summed E-state index contributed by atoms with van der Waals surface area (Å²) in [6.45, 7) is 3.57. The quantitative estimate of drug-likeness (QED) is 0.234. The maximum absolute atomic E-state index is 11.2. The number of carbonyl (C=O) groups is 2. The number of aliphatic hydroxyl groups is 1. The first-order valence-electron chi connectivity index (χ1n) is 10.9. The molecule has 0 saturated carbocycles. The van der Waals surface area contributed by atoms with Gasteiger partial charge in [-0.25, -0.2) is 0 Å². The van der Waals surface area contributed by atoms with E-state index < -0.39 is 30.4 Å². The fourth-order valence-corrected chi connectivity index (χ4v) is 3.18. The van der Waals surface area contributed by atoms with Gasteiger partial charge >= 0.3 is 11.9 Å². The zero-order valence-corrected chi connectivity index (χ0v) is 18.0. The van der Waals surface area contributed by atoms with Crippen molar-refractivity contribution in [3.8, 4) is 0 Å². The third kappa shape index (κ3) is 13.4. The molecule has 1 N–H and O–H groups in total. The van der Waals surface area contributed by atoms with Crippen molar-refractivity contribution in [1.29, 1.82) is 0 Å². The number of rotatable bonds is 16. The second kappa shape index (κ2) is 16.4. The molecule has 0 bridgehead atoms. The Balaban J connectivity index is 2.12. The summed E-state index contributed by atoms with van der Waals surface area (Å²) >= 11 is 0. The van der Waals surface area contributed by atoms with Crippen LogP contribution >= 0.6 is 0 Å². The lowest BCUT2D eigenvalue weighted by atomic mass is 10.1. The van der Waals surface area contributed by atoms with E-state index in [1.807, 2.05) is 0 Å². The average molecular weight is 415 g/mol. The molecule has 1 aliphatic rings. The standard InChI is InChI=1S/C22H38O7/c1-18(24)27-17-21-20(28-19(2)25)13-14-22(29-21)26-16-12-10-8-6-4-3-5-7-9-11-15-23/h13-14,20-23H,3-12,15-17H2,1-2H3/t20-,21+,22-/m0/s1. The van der Waals surface area contributed by atoms with Crippen LogP contribution < -0.4 is 0 Å². The van der Waals surface area contributed by atoms with Crippen molar-refractivity contribution in [1.82, 2.24) is 0 Å². The molecule has 0 amide bonds. The monoisotopic (exact) mass is 414 g/mol. The lowest BCUT2D eigenvalue weighted by Gasteiger charge is -2.31. The number of ether oxygens (including phenoxy) is 4. The van der Waals surface area contributed by atoms with Crippen LogP contribution in [0.5, 0.6) is 0 Å². The predicted octanol–water partition coefficient (Wildman–Crippen LogP) is 3.67. The van der Waals surface area contributed by atoms with Gasteiger partial charge in [-0.1, -0.05) is 51.4 Å². The van der Waals surface area contributed by atoms with E-state index in [-0.39, 0.29) is 6.61 Å². The van der Waals surface area contributed by atoms with Gasteiger partial charge in [0.1, 0.15) is 18.8 Å². The Bertz CT molecular complexity index is 478. The first-order valence-corrected chi connectivity index (χ1v) is 10.9. The Kier molecular flexibility index (Phi) is 14.4. The summed E-state index contributed by atoms with van der Waals surface area (Å²) in [6.07, 6.45) is 13.4. The molecule has 29 heavy (non-hydrogen) atoms. The van der Waals surface area contributed by atoms with Gasteiger partial charge in [0.15, 0.2) is 6.29 Å². The van der Waals surface area contributed by atoms with E-state index in [1.54, 1.807) is 12.2 Å². The van der Waals surface area contributed by atoms with Crippen molar-refractivity contribution in [3.63, 3.8) is 0 Å². The van der Waals surface area contributed by atoms with E-state index in [4.69, 9.17) is 24.1 Å². The Morgan fingerprint density at radius 2 is 1.45 bits per heavy atom. The van der Waals surface area contributed by atoms with Gasteiger partial charge in [-0.15, -0.1) is 0 Å². The van der Waals surface area contributed by atoms with Gasteiger partial charge in [-0.3, -0.25) is 9.59 Å². The van der Waals surface area contributed by atoms with Crippen LogP contribution in [-0.2, 0) is 28.5 Å². The van der Waals surface area contributed by atoms with Gasteiger partial charge in [0.05, 0.1) is 6.61 Å². The summed E-state index contributed by atoms with van der Waals surface area (Å²) in [4.78, 5) is 22.3. The van der Waals surface area contributed by atoms with Crippen molar-refractivity contribution < 1.29 is 33.6 Å². The number of hydrogen-bond acceptors (Lipinski definition) is 7. The van der Waals surface area contributed by atoms with Gasteiger partial charge < -0.3 is 24.1 Å². The molecule has 168 valence electrons. The maximum Gasteiger partial charge on any atom is 0.303 e. The van der Waals surface area contributed by atoms with E-state index in [0.717, 1.165) is 25.7 Å². The van der Waals surface area contributed by atoms with E-state index in [2.05, 4.69) is 0 Å². The van der Waals surface area contributed by atoms with Gasteiger partial charge in [-0.2, -0.15) is 0 Å². The second-order valence-electron chi connectivity index (χ2n) is 7.43. The summed E-state index contributed by atoms with van der Waals surface area (Å²) in [5.41, 5.74) is 0. The lowest BCUT2D eigenvalue weighted by Crippen LogP contribution is -2.42. The molecule has 1 heterocycles. The maximum atomic E-state index is 11.2. The highest BCUT2D eigenvalue weighted by atomic mass is 16.7. The van der Waals surface area contributed by atoms with Crippen LogP contribution in [0.4, 0.5) is 0 Å². The minimum absolute atomic E-state index is 0.0114. The van der Waals surface area contributed by atoms with Crippen LogP contribution in [0.1, 0.15) is 78.1 Å². The summed E-state index contributed by atoms with van der Waals surface area (Å²) < 4.78 is 21.7. The summed E-state index contributed by atoms with van der Waals surface area (Å²) in [7, 11) is 0. The van der Waals surface area contributed by atoms with Crippen LogP contribution in [-0.4, -0.2) is 55.4 Å². The fourth-order valence-electron chi connectivity index (χ4n) is 3.18. The Morgan fingerprint density at radius 1 is 0.862 bits per heavy atom. The molecule has 0 aromatic rings. The lowest BCUT2D eigenvalue weighted by molar-refractivity contribution is -0.197. The number of esters is 2. The highest BCUT2D eigenvalue weighted by Crippen LogP contribution is 2.18. The number of carbonyl (C=O) groups excluding carboxylic acids is 2. The number of aliphatic hydroxyl groups excluding tert-OH is 1. The molecule has 1 rings (SSSR count). The topological polar surface area (TPSA) is 91.3 Å². The van der Waals surface area contributed by atoms with Gasteiger partial charge in [0, 0.05) is 20.5 Å². The van der Waals surface area contributed by atoms with E-state index >= 15 is 0 Å². The highest BCUT2D eigenvalue weighted by molar-refractivity contribution is 5.66. The minimum atomic E-state index is -0.588. The molecule has 7 nitrogen and oxygen atoms in total. The Hall–Kier alpha value is -1.44. The van der Waals surface area contributed by atoms with Crippen molar-refractivity contribution in [2.24, 2.45) is 0 Å². The number of unbranched alkanes of at least 4 members (excludes halogenated alkanes) is 9. The highest BCUT2D eigenvalue weighted by Gasteiger charge is 2.30. The molecular weight excluding hydrogens is 376 g/mol.